The van der Waals surface area contributed by atoms with Gasteiger partial charge in [-0.25, -0.2) is 8.42 Å². The third-order valence-electron chi connectivity index (χ3n) is 4.68. The van der Waals surface area contributed by atoms with E-state index < -0.39 is 15.9 Å². The number of hydrogen-bond donors (Lipinski definition) is 0. The molecular weight excluding hydrogens is 366 g/mol. The molecule has 1 heterocycles. The molecular formula is C20H21NO5S. The fraction of sp³-hybridized carbons (Fsp3) is 0.300. The number of carbonyl (C=O) groups excluding carboxylic acids is 2. The average molecular weight is 387 g/mol. The van der Waals surface area contributed by atoms with E-state index in [1.807, 2.05) is 6.07 Å². The van der Waals surface area contributed by atoms with Crippen LogP contribution in [0.3, 0.4) is 0 Å². The molecule has 0 saturated carbocycles. The SMILES string of the molecule is COc1ccc(C(=O)N2CCCC2C(=O)c2ccccc2)cc1S(C)(=O)=O. The van der Waals surface area contributed by atoms with Crippen molar-refractivity contribution in [2.45, 2.75) is 23.8 Å². The third kappa shape index (κ3) is 3.88. The Kier molecular flexibility index (Phi) is 5.32. The van der Waals surface area contributed by atoms with Crippen LogP contribution in [-0.4, -0.2) is 51.0 Å². The van der Waals surface area contributed by atoms with Gasteiger partial charge in [-0.3, -0.25) is 9.59 Å². The number of ketones is 1. The van der Waals surface area contributed by atoms with Crippen LogP contribution in [0.1, 0.15) is 33.6 Å². The van der Waals surface area contributed by atoms with Gasteiger partial charge in [0.1, 0.15) is 10.6 Å². The van der Waals surface area contributed by atoms with Gasteiger partial charge in [0.15, 0.2) is 15.6 Å². The van der Waals surface area contributed by atoms with E-state index in [0.717, 1.165) is 12.7 Å². The fourth-order valence-corrected chi connectivity index (χ4v) is 4.20. The van der Waals surface area contributed by atoms with Gasteiger partial charge in [-0.05, 0) is 31.0 Å². The lowest BCUT2D eigenvalue weighted by Crippen LogP contribution is -2.40. The van der Waals surface area contributed by atoms with Crippen LogP contribution in [0.5, 0.6) is 5.75 Å². The summed E-state index contributed by atoms with van der Waals surface area (Å²) in [5.74, 6) is -0.264. The van der Waals surface area contributed by atoms with Gasteiger partial charge in [0.2, 0.25) is 0 Å². The van der Waals surface area contributed by atoms with Gasteiger partial charge in [0, 0.05) is 23.9 Å². The van der Waals surface area contributed by atoms with Crippen LogP contribution in [0.15, 0.2) is 53.4 Å². The predicted molar refractivity (Wildman–Crippen MR) is 101 cm³/mol. The molecule has 0 N–H and O–H groups in total. The van der Waals surface area contributed by atoms with Crippen molar-refractivity contribution in [2.24, 2.45) is 0 Å². The minimum atomic E-state index is -3.56. The summed E-state index contributed by atoms with van der Waals surface area (Å²) in [5, 5.41) is 0. The summed E-state index contributed by atoms with van der Waals surface area (Å²) in [5.41, 5.74) is 0.790. The molecule has 1 atom stereocenters. The van der Waals surface area contributed by atoms with E-state index in [9.17, 15) is 18.0 Å². The van der Waals surface area contributed by atoms with Gasteiger partial charge in [-0.15, -0.1) is 0 Å². The molecule has 6 nitrogen and oxygen atoms in total. The number of rotatable bonds is 5. The molecule has 1 unspecified atom stereocenters. The Morgan fingerprint density at radius 2 is 1.78 bits per heavy atom. The van der Waals surface area contributed by atoms with E-state index >= 15 is 0 Å². The van der Waals surface area contributed by atoms with E-state index in [1.54, 1.807) is 24.3 Å². The van der Waals surface area contributed by atoms with Crippen molar-refractivity contribution >= 4 is 21.5 Å². The van der Waals surface area contributed by atoms with Crippen molar-refractivity contribution in [3.8, 4) is 5.75 Å². The highest BCUT2D eigenvalue weighted by molar-refractivity contribution is 7.90. The summed E-state index contributed by atoms with van der Waals surface area (Å²) in [6, 6.07) is 12.6. The summed E-state index contributed by atoms with van der Waals surface area (Å²) in [4.78, 5) is 27.3. The van der Waals surface area contributed by atoms with E-state index in [4.69, 9.17) is 4.74 Å². The van der Waals surface area contributed by atoms with Gasteiger partial charge in [-0.1, -0.05) is 30.3 Å². The summed E-state index contributed by atoms with van der Waals surface area (Å²) in [6.07, 6.45) is 2.38. The highest BCUT2D eigenvalue weighted by Crippen LogP contribution is 2.28. The van der Waals surface area contributed by atoms with Crippen molar-refractivity contribution in [1.82, 2.24) is 4.90 Å². The predicted octanol–water partition coefficient (Wildman–Crippen LogP) is 2.59. The molecule has 0 radical (unpaired) electrons. The molecule has 0 spiro atoms. The lowest BCUT2D eigenvalue weighted by Gasteiger charge is -2.24. The molecule has 1 fully saturated rings. The van der Waals surface area contributed by atoms with Crippen molar-refractivity contribution in [2.75, 3.05) is 19.9 Å². The molecule has 0 aromatic heterocycles. The maximum absolute atomic E-state index is 13.0. The minimum Gasteiger partial charge on any atom is -0.495 e. The Bertz CT molecular complexity index is 969. The Balaban J connectivity index is 1.92. The Morgan fingerprint density at radius 1 is 1.07 bits per heavy atom. The normalized spacial score (nSPS) is 17.0. The molecule has 2 aromatic carbocycles. The largest absolute Gasteiger partial charge is 0.495 e. The summed E-state index contributed by atoms with van der Waals surface area (Å²) >= 11 is 0. The van der Waals surface area contributed by atoms with Crippen LogP contribution < -0.4 is 4.74 Å². The molecule has 2 aromatic rings. The first-order valence-corrected chi connectivity index (χ1v) is 10.5. The molecule has 0 aliphatic carbocycles. The van der Waals surface area contributed by atoms with E-state index in [-0.39, 0.29) is 27.9 Å². The third-order valence-corrected chi connectivity index (χ3v) is 5.80. The second-order valence-corrected chi connectivity index (χ2v) is 8.51. The molecule has 1 aliphatic heterocycles. The number of sulfone groups is 1. The van der Waals surface area contributed by atoms with Gasteiger partial charge in [0.05, 0.1) is 13.2 Å². The number of amides is 1. The summed E-state index contributed by atoms with van der Waals surface area (Å²) in [7, 11) is -2.19. The Labute approximate surface area is 158 Å². The number of hydrogen-bond acceptors (Lipinski definition) is 5. The van der Waals surface area contributed by atoms with Gasteiger partial charge < -0.3 is 9.64 Å². The van der Waals surface area contributed by atoms with Crippen LogP contribution in [0.2, 0.25) is 0 Å². The van der Waals surface area contributed by atoms with Crippen LogP contribution >= 0.6 is 0 Å². The number of nitrogens with zero attached hydrogens (tertiary/aromatic N) is 1. The first-order valence-electron chi connectivity index (χ1n) is 8.61. The highest BCUT2D eigenvalue weighted by atomic mass is 32.2. The van der Waals surface area contributed by atoms with Crippen molar-refractivity contribution in [3.63, 3.8) is 0 Å². The lowest BCUT2D eigenvalue weighted by atomic mass is 10.0. The first-order chi connectivity index (χ1) is 12.8. The lowest BCUT2D eigenvalue weighted by molar-refractivity contribution is 0.0671. The van der Waals surface area contributed by atoms with Gasteiger partial charge in [0.25, 0.3) is 5.91 Å². The Hall–Kier alpha value is -2.67. The fourth-order valence-electron chi connectivity index (χ4n) is 3.34. The second-order valence-electron chi connectivity index (χ2n) is 6.52. The summed E-state index contributed by atoms with van der Waals surface area (Å²) in [6.45, 7) is 0.461. The molecule has 1 amide bonds. The maximum atomic E-state index is 13.0. The minimum absolute atomic E-state index is 0.0408. The highest BCUT2D eigenvalue weighted by Gasteiger charge is 2.35. The smallest absolute Gasteiger partial charge is 0.254 e. The molecule has 142 valence electrons. The van der Waals surface area contributed by atoms with Gasteiger partial charge in [-0.2, -0.15) is 0 Å². The van der Waals surface area contributed by atoms with E-state index in [2.05, 4.69) is 0 Å². The molecule has 1 aliphatic rings. The number of ether oxygens (including phenoxy) is 1. The molecule has 3 rings (SSSR count). The number of methoxy groups -OCH3 is 1. The quantitative estimate of drug-likeness (QED) is 0.737. The zero-order chi connectivity index (χ0) is 19.6. The van der Waals surface area contributed by atoms with E-state index in [1.165, 1.54) is 30.2 Å². The monoisotopic (exact) mass is 387 g/mol. The topological polar surface area (TPSA) is 80.8 Å². The average Bonchev–Trinajstić information content (AvgIpc) is 3.16. The number of Topliss-reactive ketones (excluding diaryl/α,β-unsaturated/α-hetero) is 1. The molecule has 1 saturated heterocycles. The van der Waals surface area contributed by atoms with Crippen LogP contribution in [0, 0.1) is 0 Å². The maximum Gasteiger partial charge on any atom is 0.254 e. The number of benzene rings is 2. The first kappa shape index (κ1) is 19.1. The van der Waals surface area contributed by atoms with Gasteiger partial charge >= 0.3 is 0 Å². The number of likely N-dealkylation sites (tertiary alicyclic amines) is 1. The molecule has 0 bridgehead atoms. The zero-order valence-electron chi connectivity index (χ0n) is 15.2. The summed E-state index contributed by atoms with van der Waals surface area (Å²) < 4.78 is 29.1. The Morgan fingerprint density at radius 3 is 2.41 bits per heavy atom. The van der Waals surface area contributed by atoms with Crippen LogP contribution in [0.4, 0.5) is 0 Å². The standard InChI is InChI=1S/C20H21NO5S/c1-26-17-11-10-15(13-18(17)27(2,24)25)20(23)21-12-6-9-16(21)19(22)14-7-4-3-5-8-14/h3-5,7-8,10-11,13,16H,6,9,12H2,1-2H3. The van der Waals surface area contributed by atoms with Crippen molar-refractivity contribution in [3.05, 3.63) is 59.7 Å². The molecule has 27 heavy (non-hydrogen) atoms. The zero-order valence-corrected chi connectivity index (χ0v) is 16.0. The van der Waals surface area contributed by atoms with Crippen molar-refractivity contribution < 1.29 is 22.7 Å². The van der Waals surface area contributed by atoms with Crippen LogP contribution in [0.25, 0.3) is 0 Å². The number of carbonyl (C=O) groups is 2. The van der Waals surface area contributed by atoms with Crippen molar-refractivity contribution in [1.29, 1.82) is 0 Å². The molecule has 7 heteroatoms. The van der Waals surface area contributed by atoms with Crippen LogP contribution in [-0.2, 0) is 9.84 Å². The second kappa shape index (κ2) is 7.52. The van der Waals surface area contributed by atoms with E-state index in [0.29, 0.717) is 18.5 Å².